The number of carbonyl (C=O) groups excluding carboxylic acids is 2. The quantitative estimate of drug-likeness (QED) is 0.393. The van der Waals surface area contributed by atoms with Crippen LogP contribution in [0.2, 0.25) is 5.02 Å². The fraction of sp³-hybridized carbons (Fsp3) is 0.308. The Bertz CT molecular complexity index is 1550. The Kier molecular flexibility index (Phi) is 5.13. The third-order valence-corrected chi connectivity index (χ3v) is 8.41. The molecule has 8 nitrogen and oxygen atoms in total. The van der Waals surface area contributed by atoms with Crippen LogP contribution in [-0.4, -0.2) is 33.4 Å². The number of ether oxygens (including phenoxy) is 1. The molecule has 4 aromatic rings. The fourth-order valence-electron chi connectivity index (χ4n) is 5.32. The molecule has 1 N–H and O–H groups in total. The van der Waals surface area contributed by atoms with Crippen LogP contribution in [0.1, 0.15) is 46.4 Å². The molecule has 0 saturated carbocycles. The minimum absolute atomic E-state index is 0.123. The lowest BCUT2D eigenvalue weighted by Gasteiger charge is -2.15. The fourth-order valence-corrected chi connectivity index (χ4v) is 6.69. The number of carbonyl (C=O) groups is 2. The zero-order chi connectivity index (χ0) is 24.4. The topological polar surface area (TPSA) is 97.6 Å². The van der Waals surface area contributed by atoms with Crippen LogP contribution in [0.3, 0.4) is 0 Å². The number of rotatable bonds is 4. The Morgan fingerprint density at radius 3 is 2.86 bits per heavy atom. The second-order valence-corrected chi connectivity index (χ2v) is 10.9. The second-order valence-electron chi connectivity index (χ2n) is 9.31. The Morgan fingerprint density at radius 1 is 1.14 bits per heavy atom. The highest BCUT2D eigenvalue weighted by Crippen LogP contribution is 2.48. The molecule has 1 fully saturated rings. The highest BCUT2D eigenvalue weighted by atomic mass is 35.5. The summed E-state index contributed by atoms with van der Waals surface area (Å²) in [6.07, 6.45) is 3.55. The molecule has 0 radical (unpaired) electrons. The molecule has 0 bridgehead atoms. The number of pyridine rings is 1. The van der Waals surface area contributed by atoms with Gasteiger partial charge in [-0.15, -0.1) is 11.3 Å². The van der Waals surface area contributed by atoms with E-state index in [4.69, 9.17) is 20.9 Å². The first kappa shape index (κ1) is 22.0. The van der Waals surface area contributed by atoms with Crippen molar-refractivity contribution >= 4 is 45.0 Å². The first-order valence-corrected chi connectivity index (χ1v) is 13.1. The van der Waals surface area contributed by atoms with Gasteiger partial charge in [0.2, 0.25) is 11.8 Å². The summed E-state index contributed by atoms with van der Waals surface area (Å²) in [5, 5.41) is 8.29. The lowest BCUT2D eigenvalue weighted by molar-refractivity contribution is -0.138. The molecule has 7 rings (SSSR count). The highest BCUT2D eigenvalue weighted by molar-refractivity contribution is 7.19. The molecule has 182 valence electrons. The molecule has 3 aliphatic heterocycles. The Labute approximate surface area is 215 Å². The number of hydrogen-bond donors (Lipinski definition) is 1. The summed E-state index contributed by atoms with van der Waals surface area (Å²) in [5.41, 5.74) is 5.76. The van der Waals surface area contributed by atoms with Gasteiger partial charge in [0.15, 0.2) is 11.9 Å². The van der Waals surface area contributed by atoms with Crippen LogP contribution >= 0.6 is 22.9 Å². The molecule has 6 heterocycles. The van der Waals surface area contributed by atoms with Gasteiger partial charge in [0, 0.05) is 77.1 Å². The summed E-state index contributed by atoms with van der Waals surface area (Å²) in [6, 6.07) is 7.77. The molecule has 1 aromatic carbocycles. The predicted molar refractivity (Wildman–Crippen MR) is 134 cm³/mol. The first-order chi connectivity index (χ1) is 17.5. The molecule has 0 aliphatic carbocycles. The normalized spacial score (nSPS) is 19.1. The molecule has 2 amide bonds. The number of imide groups is 1. The molecular weight excluding hydrogens is 500 g/mol. The van der Waals surface area contributed by atoms with Gasteiger partial charge in [-0.1, -0.05) is 16.8 Å². The van der Waals surface area contributed by atoms with Gasteiger partial charge in [0.1, 0.15) is 5.75 Å². The summed E-state index contributed by atoms with van der Waals surface area (Å²) < 4.78 is 13.2. The van der Waals surface area contributed by atoms with E-state index in [1.54, 1.807) is 6.20 Å². The number of halogens is 1. The average Bonchev–Trinajstić information content (AvgIpc) is 3.65. The van der Waals surface area contributed by atoms with Crippen LogP contribution in [0.15, 0.2) is 35.0 Å². The van der Waals surface area contributed by atoms with Crippen molar-refractivity contribution in [1.29, 1.82) is 0 Å². The number of aromatic nitrogens is 2. The molecule has 1 unspecified atom stereocenters. The van der Waals surface area contributed by atoms with Crippen molar-refractivity contribution in [1.82, 2.24) is 20.4 Å². The van der Waals surface area contributed by atoms with Gasteiger partial charge >= 0.3 is 0 Å². The lowest BCUT2D eigenvalue weighted by atomic mass is 9.99. The number of amides is 2. The minimum Gasteiger partial charge on any atom is -0.481 e. The van der Waals surface area contributed by atoms with Gasteiger partial charge in [-0.3, -0.25) is 19.5 Å². The molecule has 0 spiro atoms. The van der Waals surface area contributed by atoms with Crippen LogP contribution in [0.25, 0.3) is 21.3 Å². The van der Waals surface area contributed by atoms with Gasteiger partial charge in [-0.25, -0.2) is 0 Å². The molecule has 10 heteroatoms. The number of likely N-dealkylation sites (tertiary alicyclic amines) is 1. The summed E-state index contributed by atoms with van der Waals surface area (Å²) in [4.78, 5) is 31.0. The Morgan fingerprint density at radius 2 is 2.00 bits per heavy atom. The van der Waals surface area contributed by atoms with Crippen molar-refractivity contribution < 1.29 is 18.8 Å². The third kappa shape index (κ3) is 3.53. The molecule has 3 aromatic heterocycles. The van der Waals surface area contributed by atoms with Crippen LogP contribution in [0.5, 0.6) is 5.75 Å². The van der Waals surface area contributed by atoms with E-state index in [9.17, 15) is 9.59 Å². The van der Waals surface area contributed by atoms with E-state index in [0.717, 1.165) is 74.1 Å². The molecule has 1 saturated heterocycles. The van der Waals surface area contributed by atoms with E-state index in [1.165, 1.54) is 16.2 Å². The maximum atomic E-state index is 12.1. The molecular formula is C26H21ClN4O4S. The minimum atomic E-state index is -0.267. The van der Waals surface area contributed by atoms with Crippen LogP contribution in [-0.2, 0) is 35.5 Å². The van der Waals surface area contributed by atoms with Gasteiger partial charge in [-0.05, 0) is 24.3 Å². The van der Waals surface area contributed by atoms with Crippen molar-refractivity contribution in [2.45, 2.75) is 44.9 Å². The van der Waals surface area contributed by atoms with Gasteiger partial charge in [-0.2, -0.15) is 0 Å². The zero-order valence-electron chi connectivity index (χ0n) is 19.2. The van der Waals surface area contributed by atoms with E-state index in [0.29, 0.717) is 11.4 Å². The zero-order valence-corrected chi connectivity index (χ0v) is 20.7. The van der Waals surface area contributed by atoms with Crippen LogP contribution in [0, 0.1) is 0 Å². The van der Waals surface area contributed by atoms with E-state index >= 15 is 0 Å². The largest absolute Gasteiger partial charge is 0.481 e. The van der Waals surface area contributed by atoms with Crippen LogP contribution < -0.4 is 10.1 Å². The SMILES string of the molecule is O=C1CCC(=O)N1Cc1cc2nccc(-c3cc(Cl)cc4c3OC(c3onc5c3CNCC5)C4)c2s1. The lowest BCUT2D eigenvalue weighted by Crippen LogP contribution is -2.27. The van der Waals surface area contributed by atoms with Crippen molar-refractivity contribution in [3.8, 4) is 16.9 Å². The average molecular weight is 521 g/mol. The van der Waals surface area contributed by atoms with Gasteiger partial charge < -0.3 is 14.6 Å². The summed E-state index contributed by atoms with van der Waals surface area (Å²) in [7, 11) is 0. The van der Waals surface area contributed by atoms with Gasteiger partial charge in [0.05, 0.1) is 22.5 Å². The summed E-state index contributed by atoms with van der Waals surface area (Å²) in [6.45, 7) is 1.89. The predicted octanol–water partition coefficient (Wildman–Crippen LogP) is 4.58. The van der Waals surface area contributed by atoms with Crippen molar-refractivity contribution in [2.24, 2.45) is 0 Å². The third-order valence-electron chi connectivity index (χ3n) is 7.05. The number of nitrogens with zero attached hydrogens (tertiary/aromatic N) is 3. The molecule has 1 atom stereocenters. The maximum absolute atomic E-state index is 12.1. The molecule has 36 heavy (non-hydrogen) atoms. The second kappa shape index (κ2) is 8.40. The highest BCUT2D eigenvalue weighted by Gasteiger charge is 2.35. The number of fused-ring (bicyclic) bond motifs is 3. The maximum Gasteiger partial charge on any atom is 0.230 e. The van der Waals surface area contributed by atoms with Gasteiger partial charge in [0.25, 0.3) is 0 Å². The van der Waals surface area contributed by atoms with Crippen molar-refractivity contribution in [3.63, 3.8) is 0 Å². The number of hydrogen-bond acceptors (Lipinski definition) is 8. The standard InChI is InChI=1S/C26H21ClN4O4S/c27-14-7-13-8-21(25-18-11-28-5-4-19(18)30-35-25)34-24(13)17(9-14)16-3-6-29-20-10-15(36-26(16)20)12-31-22(32)1-2-23(31)33/h3,6-7,9-10,21,28H,1-2,4-5,8,11-12H2. The number of nitrogens with one attached hydrogen (secondary N) is 1. The first-order valence-electron chi connectivity index (χ1n) is 11.9. The summed E-state index contributed by atoms with van der Waals surface area (Å²) in [5.74, 6) is 1.31. The Hall–Kier alpha value is -3.27. The number of thiophene rings is 1. The van der Waals surface area contributed by atoms with Crippen LogP contribution in [0.4, 0.5) is 0 Å². The van der Waals surface area contributed by atoms with Crippen molar-refractivity contribution in [2.75, 3.05) is 6.54 Å². The van der Waals surface area contributed by atoms with E-state index < -0.39 is 0 Å². The Balaban J connectivity index is 1.27. The van der Waals surface area contributed by atoms with E-state index in [2.05, 4.69) is 15.5 Å². The van der Waals surface area contributed by atoms with Crippen molar-refractivity contribution in [3.05, 3.63) is 62.9 Å². The molecule has 3 aliphatic rings. The van der Waals surface area contributed by atoms with E-state index in [1.807, 2.05) is 24.3 Å². The smallest absolute Gasteiger partial charge is 0.230 e. The van der Waals surface area contributed by atoms with E-state index in [-0.39, 0.29) is 37.3 Å². The monoisotopic (exact) mass is 520 g/mol. The number of benzene rings is 1. The summed E-state index contributed by atoms with van der Waals surface area (Å²) >= 11 is 8.11.